The molecule has 31 heavy (non-hydrogen) atoms. The zero-order valence-corrected chi connectivity index (χ0v) is 18.9. The Morgan fingerprint density at radius 2 is 1.71 bits per heavy atom. The molecule has 1 aliphatic heterocycles. The third-order valence-corrected chi connectivity index (χ3v) is 6.02. The second-order valence-corrected chi connectivity index (χ2v) is 7.92. The minimum Gasteiger partial charge on any atom is -0.493 e. The Morgan fingerprint density at radius 3 is 2.32 bits per heavy atom. The average Bonchev–Trinajstić information content (AvgIpc) is 2.81. The van der Waals surface area contributed by atoms with E-state index in [2.05, 4.69) is 0 Å². The maximum Gasteiger partial charge on any atom is 0.254 e. The Kier molecular flexibility index (Phi) is 7.55. The topological polar surface area (TPSA) is 59.1 Å². The van der Waals surface area contributed by atoms with Gasteiger partial charge in [-0.15, -0.1) is 0 Å². The fourth-order valence-electron chi connectivity index (χ4n) is 4.12. The lowest BCUT2D eigenvalue weighted by Gasteiger charge is -2.34. The molecule has 0 unspecified atom stereocenters. The van der Waals surface area contributed by atoms with Crippen molar-refractivity contribution in [2.24, 2.45) is 5.92 Å². The summed E-state index contributed by atoms with van der Waals surface area (Å²) < 4.78 is 10.7. The molecule has 166 valence electrons. The lowest BCUT2D eigenvalue weighted by molar-refractivity contribution is -0.137. The molecule has 2 amide bonds. The summed E-state index contributed by atoms with van der Waals surface area (Å²) in [7, 11) is 3.21. The number of nitrogens with zero attached hydrogens (tertiary/aromatic N) is 2. The molecule has 1 saturated heterocycles. The van der Waals surface area contributed by atoms with Gasteiger partial charge < -0.3 is 19.3 Å². The number of aryl methyl sites for hydroxylation is 1. The molecule has 1 heterocycles. The molecule has 0 atom stereocenters. The molecule has 0 spiro atoms. The highest BCUT2D eigenvalue weighted by molar-refractivity contribution is 5.95. The van der Waals surface area contributed by atoms with E-state index in [1.165, 1.54) is 0 Å². The molecule has 1 aliphatic rings. The molecule has 0 N–H and O–H groups in total. The van der Waals surface area contributed by atoms with Crippen molar-refractivity contribution in [3.8, 4) is 11.5 Å². The first-order valence-electron chi connectivity index (χ1n) is 10.8. The van der Waals surface area contributed by atoms with E-state index in [0.717, 1.165) is 16.7 Å². The van der Waals surface area contributed by atoms with Gasteiger partial charge in [0.25, 0.3) is 5.91 Å². The lowest BCUT2D eigenvalue weighted by atomic mass is 9.94. The SMILES string of the molecule is CCN(Cc1ccc(OC)c(OC)c1)C(=O)C1CCN(C(=O)c2ccccc2C)CC1. The van der Waals surface area contributed by atoms with Crippen molar-refractivity contribution in [1.82, 2.24) is 9.80 Å². The molecule has 6 heteroatoms. The van der Waals surface area contributed by atoms with Gasteiger partial charge in [0.1, 0.15) is 0 Å². The van der Waals surface area contributed by atoms with E-state index >= 15 is 0 Å². The molecule has 0 aromatic heterocycles. The van der Waals surface area contributed by atoms with Gasteiger partial charge in [-0.2, -0.15) is 0 Å². The monoisotopic (exact) mass is 424 g/mol. The van der Waals surface area contributed by atoms with Gasteiger partial charge in [-0.05, 0) is 56.0 Å². The Balaban J connectivity index is 1.61. The van der Waals surface area contributed by atoms with Gasteiger partial charge >= 0.3 is 0 Å². The number of benzene rings is 2. The molecular formula is C25H32N2O4. The van der Waals surface area contributed by atoms with E-state index in [-0.39, 0.29) is 17.7 Å². The normalized spacial score (nSPS) is 14.3. The summed E-state index contributed by atoms with van der Waals surface area (Å²) in [5.41, 5.74) is 2.73. The number of carbonyl (C=O) groups excluding carboxylic acids is 2. The maximum absolute atomic E-state index is 13.2. The first kappa shape index (κ1) is 22.7. The van der Waals surface area contributed by atoms with Crippen LogP contribution in [-0.4, -0.2) is 55.5 Å². The number of likely N-dealkylation sites (tertiary alicyclic amines) is 1. The van der Waals surface area contributed by atoms with Crippen molar-refractivity contribution >= 4 is 11.8 Å². The molecule has 6 nitrogen and oxygen atoms in total. The number of ether oxygens (including phenoxy) is 2. The lowest BCUT2D eigenvalue weighted by Crippen LogP contribution is -2.44. The summed E-state index contributed by atoms with van der Waals surface area (Å²) in [5, 5.41) is 0. The van der Waals surface area contributed by atoms with Crippen LogP contribution in [0.5, 0.6) is 11.5 Å². The molecule has 0 aliphatic carbocycles. The van der Waals surface area contributed by atoms with Crippen molar-refractivity contribution in [2.45, 2.75) is 33.2 Å². The highest BCUT2D eigenvalue weighted by Gasteiger charge is 2.30. The first-order chi connectivity index (χ1) is 15.0. The molecule has 0 radical (unpaired) electrons. The number of hydrogen-bond donors (Lipinski definition) is 0. The molecule has 0 saturated carbocycles. The molecule has 0 bridgehead atoms. The van der Waals surface area contributed by atoms with Crippen LogP contribution in [0.25, 0.3) is 0 Å². The average molecular weight is 425 g/mol. The number of piperidine rings is 1. The van der Waals surface area contributed by atoms with Crippen LogP contribution in [0.4, 0.5) is 0 Å². The van der Waals surface area contributed by atoms with Gasteiger partial charge in [-0.1, -0.05) is 24.3 Å². The van der Waals surface area contributed by atoms with Crippen molar-refractivity contribution in [3.63, 3.8) is 0 Å². The number of carbonyl (C=O) groups is 2. The molecule has 2 aromatic rings. The van der Waals surface area contributed by atoms with Gasteiger partial charge in [0.2, 0.25) is 5.91 Å². The van der Waals surface area contributed by atoms with Crippen molar-refractivity contribution < 1.29 is 19.1 Å². The second kappa shape index (κ2) is 10.3. The molecule has 1 fully saturated rings. The summed E-state index contributed by atoms with van der Waals surface area (Å²) in [5.74, 6) is 1.49. The Bertz CT molecular complexity index is 919. The molecular weight excluding hydrogens is 392 g/mol. The van der Waals surface area contributed by atoms with E-state index in [0.29, 0.717) is 50.5 Å². The van der Waals surface area contributed by atoms with Crippen LogP contribution in [-0.2, 0) is 11.3 Å². The van der Waals surface area contributed by atoms with Crippen molar-refractivity contribution in [1.29, 1.82) is 0 Å². The van der Waals surface area contributed by atoms with Gasteiger partial charge in [0.15, 0.2) is 11.5 Å². The predicted molar refractivity (Wildman–Crippen MR) is 120 cm³/mol. The van der Waals surface area contributed by atoms with Crippen LogP contribution in [0.1, 0.15) is 41.3 Å². The third-order valence-electron chi connectivity index (χ3n) is 6.02. The minimum absolute atomic E-state index is 0.0546. The van der Waals surface area contributed by atoms with E-state index in [1.54, 1.807) is 14.2 Å². The van der Waals surface area contributed by atoms with Crippen LogP contribution in [0.15, 0.2) is 42.5 Å². The van der Waals surface area contributed by atoms with E-state index < -0.39 is 0 Å². The summed E-state index contributed by atoms with van der Waals surface area (Å²) >= 11 is 0. The largest absolute Gasteiger partial charge is 0.493 e. The summed E-state index contributed by atoms with van der Waals surface area (Å²) in [6.07, 6.45) is 1.39. The smallest absolute Gasteiger partial charge is 0.254 e. The van der Waals surface area contributed by atoms with Gasteiger partial charge in [0.05, 0.1) is 14.2 Å². The van der Waals surface area contributed by atoms with Gasteiger partial charge in [-0.3, -0.25) is 9.59 Å². The zero-order chi connectivity index (χ0) is 22.4. The zero-order valence-electron chi connectivity index (χ0n) is 18.9. The summed E-state index contributed by atoms with van der Waals surface area (Å²) in [6, 6.07) is 13.4. The maximum atomic E-state index is 13.2. The van der Waals surface area contributed by atoms with Crippen LogP contribution < -0.4 is 9.47 Å². The number of hydrogen-bond acceptors (Lipinski definition) is 4. The Hall–Kier alpha value is -3.02. The van der Waals surface area contributed by atoms with Gasteiger partial charge in [0, 0.05) is 37.7 Å². The van der Waals surface area contributed by atoms with Crippen LogP contribution >= 0.6 is 0 Å². The summed E-state index contributed by atoms with van der Waals surface area (Å²) in [6.45, 7) is 6.33. The van der Waals surface area contributed by atoms with Crippen molar-refractivity contribution in [3.05, 3.63) is 59.2 Å². The van der Waals surface area contributed by atoms with Crippen LogP contribution in [0.2, 0.25) is 0 Å². The van der Waals surface area contributed by atoms with E-state index in [1.807, 2.05) is 66.1 Å². The Morgan fingerprint density at radius 1 is 1.03 bits per heavy atom. The predicted octanol–water partition coefficient (Wildman–Crippen LogP) is 3.91. The fourth-order valence-corrected chi connectivity index (χ4v) is 4.12. The first-order valence-corrected chi connectivity index (χ1v) is 10.8. The highest BCUT2D eigenvalue weighted by Crippen LogP contribution is 2.29. The van der Waals surface area contributed by atoms with Crippen LogP contribution in [0, 0.1) is 12.8 Å². The second-order valence-electron chi connectivity index (χ2n) is 7.92. The van der Waals surface area contributed by atoms with E-state index in [4.69, 9.17) is 9.47 Å². The summed E-state index contributed by atoms with van der Waals surface area (Å²) in [4.78, 5) is 29.8. The van der Waals surface area contributed by atoms with E-state index in [9.17, 15) is 9.59 Å². The molecule has 3 rings (SSSR count). The Labute approximate surface area is 184 Å². The highest BCUT2D eigenvalue weighted by atomic mass is 16.5. The van der Waals surface area contributed by atoms with Crippen LogP contribution in [0.3, 0.4) is 0 Å². The third kappa shape index (κ3) is 5.19. The van der Waals surface area contributed by atoms with Crippen molar-refractivity contribution in [2.75, 3.05) is 33.9 Å². The van der Waals surface area contributed by atoms with Gasteiger partial charge in [-0.25, -0.2) is 0 Å². The fraction of sp³-hybridized carbons (Fsp3) is 0.440. The minimum atomic E-state index is -0.0546. The number of amides is 2. The quantitative estimate of drug-likeness (QED) is 0.676. The molecule has 2 aromatic carbocycles. The number of methoxy groups -OCH3 is 2. The number of rotatable bonds is 7. The standard InChI is InChI=1S/C25H32N2O4/c1-5-26(17-19-10-11-22(30-3)23(16-19)31-4)24(28)20-12-14-27(15-13-20)25(29)21-9-7-6-8-18(21)2/h6-11,16,20H,5,12-15,17H2,1-4H3.